The molecule has 0 unspecified atom stereocenters. The summed E-state index contributed by atoms with van der Waals surface area (Å²) < 4.78 is 13.5. The molecule has 0 radical (unpaired) electrons. The second-order valence-corrected chi connectivity index (χ2v) is 7.50. The highest BCUT2D eigenvalue weighted by Gasteiger charge is 2.30. The van der Waals surface area contributed by atoms with Crippen LogP contribution in [0.2, 0.25) is 0 Å². The van der Waals surface area contributed by atoms with Crippen molar-refractivity contribution in [3.63, 3.8) is 0 Å². The van der Waals surface area contributed by atoms with Gasteiger partial charge in [-0.1, -0.05) is 6.42 Å². The first kappa shape index (κ1) is 16.6. The fraction of sp³-hybridized carbons (Fsp3) is 0.550. The van der Waals surface area contributed by atoms with Crippen LogP contribution in [0.3, 0.4) is 0 Å². The monoisotopic (exact) mass is 343 g/mol. The zero-order chi connectivity index (χ0) is 17.4. The summed E-state index contributed by atoms with van der Waals surface area (Å²) in [5.74, 6) is 0.462. The lowest BCUT2D eigenvalue weighted by Gasteiger charge is -2.31. The lowest BCUT2D eigenvalue weighted by Crippen LogP contribution is -2.41. The molecule has 5 heteroatoms. The van der Waals surface area contributed by atoms with E-state index in [-0.39, 0.29) is 11.7 Å². The van der Waals surface area contributed by atoms with Crippen molar-refractivity contribution in [1.29, 1.82) is 0 Å². The van der Waals surface area contributed by atoms with E-state index in [9.17, 15) is 9.18 Å². The van der Waals surface area contributed by atoms with Crippen LogP contribution in [0.25, 0.3) is 10.9 Å². The van der Waals surface area contributed by atoms with Gasteiger partial charge in [-0.2, -0.15) is 0 Å². The molecule has 4 rings (SSSR count). The van der Waals surface area contributed by atoms with Gasteiger partial charge in [-0.05, 0) is 49.9 Å². The molecule has 1 N–H and O–H groups in total. The molecule has 134 valence electrons. The molecule has 0 bridgehead atoms. The van der Waals surface area contributed by atoms with Crippen molar-refractivity contribution in [3.05, 3.63) is 35.3 Å². The van der Waals surface area contributed by atoms with Crippen LogP contribution < -0.4 is 0 Å². The second-order valence-electron chi connectivity index (χ2n) is 7.50. The molecule has 0 atom stereocenters. The minimum absolute atomic E-state index is 0.193. The first-order valence-electron chi connectivity index (χ1n) is 9.39. The van der Waals surface area contributed by atoms with Crippen molar-refractivity contribution in [1.82, 2.24) is 14.8 Å². The molecule has 2 fully saturated rings. The molecule has 0 spiro atoms. The molecule has 2 heterocycles. The van der Waals surface area contributed by atoms with Gasteiger partial charge < -0.3 is 9.88 Å². The molecule has 4 nitrogen and oxygen atoms in total. The van der Waals surface area contributed by atoms with Crippen LogP contribution in [-0.4, -0.2) is 46.9 Å². The Bertz CT molecular complexity index is 781. The molecule has 2 aromatic rings. The van der Waals surface area contributed by atoms with Gasteiger partial charge in [0, 0.05) is 55.2 Å². The molecular weight excluding hydrogens is 317 g/mol. The predicted molar refractivity (Wildman–Crippen MR) is 96.8 cm³/mol. The number of nitrogens with zero attached hydrogens (tertiary/aromatic N) is 2. The Hall–Kier alpha value is -1.88. The smallest absolute Gasteiger partial charge is 0.225 e. The number of hydrogen-bond acceptors (Lipinski definition) is 2. The summed E-state index contributed by atoms with van der Waals surface area (Å²) in [7, 11) is 0. The second kappa shape index (κ2) is 6.79. The van der Waals surface area contributed by atoms with Crippen LogP contribution in [-0.2, 0) is 11.3 Å². The molecule has 25 heavy (non-hydrogen) atoms. The standard InChI is InChI=1S/C20H26FN3O/c1-14-17-12-16(21)6-7-18(17)22-19(14)13-23-8-3-9-24(11-10-23)20(25)15-4-2-5-15/h6-7,12,15,22H,2-5,8-11,13H2,1H3. The Kier molecular flexibility index (Phi) is 4.50. The molecular formula is C20H26FN3O. The average molecular weight is 343 g/mol. The summed E-state index contributed by atoms with van der Waals surface area (Å²) in [6.45, 7) is 6.48. The highest BCUT2D eigenvalue weighted by atomic mass is 19.1. The van der Waals surface area contributed by atoms with E-state index in [1.165, 1.54) is 12.5 Å². The van der Waals surface area contributed by atoms with Crippen molar-refractivity contribution in [3.8, 4) is 0 Å². The van der Waals surface area contributed by atoms with Gasteiger partial charge in [0.05, 0.1) is 0 Å². The van der Waals surface area contributed by atoms with E-state index < -0.39 is 0 Å². The first-order chi connectivity index (χ1) is 12.1. The SMILES string of the molecule is Cc1c(CN2CCCN(C(=O)C3CCC3)CC2)[nH]c2ccc(F)cc12. The Balaban J connectivity index is 1.43. The number of amides is 1. The van der Waals surface area contributed by atoms with Crippen LogP contribution in [0.15, 0.2) is 18.2 Å². The number of carbonyl (C=O) groups excluding carboxylic acids is 1. The quantitative estimate of drug-likeness (QED) is 0.927. The van der Waals surface area contributed by atoms with Crippen LogP contribution in [0.4, 0.5) is 4.39 Å². The van der Waals surface area contributed by atoms with Crippen molar-refractivity contribution < 1.29 is 9.18 Å². The largest absolute Gasteiger partial charge is 0.357 e. The molecule has 1 aliphatic heterocycles. The summed E-state index contributed by atoms with van der Waals surface area (Å²) in [5.41, 5.74) is 3.27. The number of carbonyl (C=O) groups is 1. The van der Waals surface area contributed by atoms with Crippen LogP contribution >= 0.6 is 0 Å². The molecule has 1 amide bonds. The number of nitrogens with one attached hydrogen (secondary N) is 1. The molecule has 1 saturated heterocycles. The molecule has 1 aromatic carbocycles. The topological polar surface area (TPSA) is 39.3 Å². The van der Waals surface area contributed by atoms with Crippen LogP contribution in [0.1, 0.15) is 36.9 Å². The van der Waals surface area contributed by atoms with Gasteiger partial charge in [0.1, 0.15) is 5.82 Å². The number of aromatic amines is 1. The number of halogens is 1. The normalized spacial score (nSPS) is 19.8. The third kappa shape index (κ3) is 3.30. The third-order valence-electron chi connectivity index (χ3n) is 5.86. The van der Waals surface area contributed by atoms with Crippen LogP contribution in [0, 0.1) is 18.7 Å². The lowest BCUT2D eigenvalue weighted by atomic mass is 9.84. The molecule has 1 aromatic heterocycles. The van der Waals surface area contributed by atoms with Crippen LogP contribution in [0.5, 0.6) is 0 Å². The molecule has 1 aliphatic carbocycles. The van der Waals surface area contributed by atoms with E-state index in [0.29, 0.717) is 5.91 Å². The minimum atomic E-state index is -0.193. The number of H-pyrrole nitrogens is 1. The Morgan fingerprint density at radius 3 is 2.80 bits per heavy atom. The summed E-state index contributed by atoms with van der Waals surface area (Å²) in [5, 5.41) is 0.964. The van der Waals surface area contributed by atoms with Gasteiger partial charge in [-0.25, -0.2) is 4.39 Å². The van der Waals surface area contributed by atoms with E-state index in [2.05, 4.69) is 21.7 Å². The Labute approximate surface area is 148 Å². The van der Waals surface area contributed by atoms with E-state index in [0.717, 1.165) is 74.1 Å². The fourth-order valence-electron chi connectivity index (χ4n) is 4.00. The maximum atomic E-state index is 13.5. The molecule has 2 aliphatic rings. The first-order valence-corrected chi connectivity index (χ1v) is 9.39. The van der Waals surface area contributed by atoms with Gasteiger partial charge >= 0.3 is 0 Å². The van der Waals surface area contributed by atoms with Gasteiger partial charge in [0.15, 0.2) is 0 Å². The summed E-state index contributed by atoms with van der Waals surface area (Å²) in [4.78, 5) is 20.4. The number of hydrogen-bond donors (Lipinski definition) is 1. The summed E-state index contributed by atoms with van der Waals surface area (Å²) in [6.07, 6.45) is 4.37. The number of aromatic nitrogens is 1. The van der Waals surface area contributed by atoms with Gasteiger partial charge in [0.25, 0.3) is 0 Å². The Morgan fingerprint density at radius 1 is 1.20 bits per heavy atom. The molecule has 1 saturated carbocycles. The zero-order valence-corrected chi connectivity index (χ0v) is 14.9. The predicted octanol–water partition coefficient (Wildman–Crippen LogP) is 3.45. The van der Waals surface area contributed by atoms with Crippen molar-refractivity contribution in [2.24, 2.45) is 5.92 Å². The van der Waals surface area contributed by atoms with E-state index in [4.69, 9.17) is 0 Å². The van der Waals surface area contributed by atoms with Gasteiger partial charge in [-0.15, -0.1) is 0 Å². The Morgan fingerprint density at radius 2 is 2.04 bits per heavy atom. The number of rotatable bonds is 3. The number of benzene rings is 1. The minimum Gasteiger partial charge on any atom is -0.357 e. The summed E-state index contributed by atoms with van der Waals surface area (Å²) >= 11 is 0. The average Bonchev–Trinajstić information content (AvgIpc) is 2.72. The van der Waals surface area contributed by atoms with Crippen molar-refractivity contribution >= 4 is 16.8 Å². The maximum absolute atomic E-state index is 13.5. The van der Waals surface area contributed by atoms with E-state index in [1.54, 1.807) is 6.07 Å². The summed E-state index contributed by atoms with van der Waals surface area (Å²) in [6, 6.07) is 4.91. The third-order valence-corrected chi connectivity index (χ3v) is 5.86. The fourth-order valence-corrected chi connectivity index (χ4v) is 4.00. The highest BCUT2D eigenvalue weighted by Crippen LogP contribution is 2.29. The van der Waals surface area contributed by atoms with E-state index in [1.807, 2.05) is 6.07 Å². The highest BCUT2D eigenvalue weighted by molar-refractivity contribution is 5.84. The van der Waals surface area contributed by atoms with Gasteiger partial charge in [-0.3, -0.25) is 9.69 Å². The number of fused-ring (bicyclic) bond motifs is 1. The van der Waals surface area contributed by atoms with Crippen molar-refractivity contribution in [2.75, 3.05) is 26.2 Å². The maximum Gasteiger partial charge on any atom is 0.225 e. The van der Waals surface area contributed by atoms with Gasteiger partial charge in [0.2, 0.25) is 5.91 Å². The number of aryl methyl sites for hydroxylation is 1. The lowest BCUT2D eigenvalue weighted by molar-refractivity contribution is -0.138. The van der Waals surface area contributed by atoms with Crippen molar-refractivity contribution in [2.45, 2.75) is 39.2 Å². The van der Waals surface area contributed by atoms with E-state index >= 15 is 0 Å². The zero-order valence-electron chi connectivity index (χ0n) is 14.9.